The van der Waals surface area contributed by atoms with Crippen LogP contribution >= 0.6 is 11.3 Å². The summed E-state index contributed by atoms with van der Waals surface area (Å²) in [6.07, 6.45) is 7.06. The molecule has 1 aromatic carbocycles. The molecule has 1 amide bonds. The van der Waals surface area contributed by atoms with Gasteiger partial charge in [0.2, 0.25) is 0 Å². The summed E-state index contributed by atoms with van der Waals surface area (Å²) in [5.41, 5.74) is 2.24. The second-order valence-electron chi connectivity index (χ2n) is 6.57. The summed E-state index contributed by atoms with van der Waals surface area (Å²) in [5, 5.41) is 4.93. The van der Waals surface area contributed by atoms with Crippen molar-refractivity contribution >= 4 is 28.3 Å². The van der Waals surface area contributed by atoms with E-state index in [1.807, 2.05) is 23.6 Å². The highest BCUT2D eigenvalue weighted by Crippen LogP contribution is 2.18. The van der Waals surface area contributed by atoms with Crippen molar-refractivity contribution in [2.45, 2.75) is 52.0 Å². The van der Waals surface area contributed by atoms with E-state index in [4.69, 9.17) is 4.98 Å². The van der Waals surface area contributed by atoms with E-state index in [0.29, 0.717) is 6.54 Å². The smallest absolute Gasteiger partial charge is 0.261 e. The van der Waals surface area contributed by atoms with Gasteiger partial charge in [0.1, 0.15) is 5.82 Å². The summed E-state index contributed by atoms with van der Waals surface area (Å²) >= 11 is 1.47. The first-order valence-corrected chi connectivity index (χ1v) is 10.4. The molecule has 0 aliphatic carbocycles. The van der Waals surface area contributed by atoms with Gasteiger partial charge in [0.05, 0.1) is 15.9 Å². The third kappa shape index (κ3) is 4.73. The summed E-state index contributed by atoms with van der Waals surface area (Å²) in [6, 6.07) is 12.1. The SMILES string of the molecule is CCCCCCCn1c(CCNC(=O)c2cccs2)nc2ccccc21. The van der Waals surface area contributed by atoms with E-state index in [0.717, 1.165) is 29.2 Å². The number of carbonyl (C=O) groups excluding carboxylic acids is 1. The number of carbonyl (C=O) groups is 1. The molecule has 2 aromatic heterocycles. The van der Waals surface area contributed by atoms with Gasteiger partial charge in [0.15, 0.2) is 0 Å². The molecule has 0 bridgehead atoms. The van der Waals surface area contributed by atoms with Crippen LogP contribution in [0.5, 0.6) is 0 Å². The van der Waals surface area contributed by atoms with Crippen LogP contribution in [0.4, 0.5) is 0 Å². The maximum Gasteiger partial charge on any atom is 0.261 e. The first-order chi connectivity index (χ1) is 12.8. The van der Waals surface area contributed by atoms with Gasteiger partial charge in [0, 0.05) is 19.5 Å². The topological polar surface area (TPSA) is 46.9 Å². The van der Waals surface area contributed by atoms with Crippen LogP contribution in [0.3, 0.4) is 0 Å². The molecule has 3 rings (SSSR count). The maximum atomic E-state index is 12.1. The molecular formula is C21H27N3OS. The number of para-hydroxylation sites is 2. The molecule has 4 nitrogen and oxygen atoms in total. The van der Waals surface area contributed by atoms with Crippen LogP contribution in [0.25, 0.3) is 11.0 Å². The Bertz CT molecular complexity index is 823. The number of fused-ring (bicyclic) bond motifs is 1. The molecular weight excluding hydrogens is 342 g/mol. The molecule has 0 unspecified atom stereocenters. The number of unbranched alkanes of at least 4 members (excludes halogenated alkanes) is 4. The van der Waals surface area contributed by atoms with Crippen molar-refractivity contribution in [3.8, 4) is 0 Å². The van der Waals surface area contributed by atoms with Crippen molar-refractivity contribution < 1.29 is 4.79 Å². The highest BCUT2D eigenvalue weighted by Gasteiger charge is 2.11. The van der Waals surface area contributed by atoms with Crippen molar-refractivity contribution in [3.05, 3.63) is 52.5 Å². The molecule has 0 saturated heterocycles. The Morgan fingerprint density at radius 3 is 2.77 bits per heavy atom. The van der Waals surface area contributed by atoms with Crippen LogP contribution in [0, 0.1) is 0 Å². The minimum Gasteiger partial charge on any atom is -0.351 e. The number of amides is 1. The quantitative estimate of drug-likeness (QED) is 0.509. The summed E-state index contributed by atoms with van der Waals surface area (Å²) in [6.45, 7) is 3.85. The van der Waals surface area contributed by atoms with Crippen LogP contribution in [0.15, 0.2) is 41.8 Å². The average Bonchev–Trinajstić information content (AvgIpc) is 3.30. The highest BCUT2D eigenvalue weighted by atomic mass is 32.1. The summed E-state index contributed by atoms with van der Waals surface area (Å²) < 4.78 is 2.33. The molecule has 3 aromatic rings. The molecule has 0 saturated carbocycles. The molecule has 0 spiro atoms. The Labute approximate surface area is 159 Å². The van der Waals surface area contributed by atoms with Gasteiger partial charge in [-0.25, -0.2) is 4.98 Å². The zero-order valence-corrected chi connectivity index (χ0v) is 16.2. The molecule has 0 atom stereocenters. The minimum absolute atomic E-state index is 0.00206. The zero-order chi connectivity index (χ0) is 18.2. The molecule has 0 aliphatic heterocycles. The zero-order valence-electron chi connectivity index (χ0n) is 15.4. The molecule has 0 radical (unpaired) electrons. The molecule has 26 heavy (non-hydrogen) atoms. The number of imidazole rings is 1. The van der Waals surface area contributed by atoms with E-state index in [9.17, 15) is 4.79 Å². The fourth-order valence-corrected chi connectivity index (χ4v) is 3.86. The van der Waals surface area contributed by atoms with Gasteiger partial charge in [-0.15, -0.1) is 11.3 Å². The minimum atomic E-state index is 0.00206. The Kier molecular flexibility index (Phi) is 6.83. The third-order valence-electron chi connectivity index (χ3n) is 4.60. The summed E-state index contributed by atoms with van der Waals surface area (Å²) in [5.74, 6) is 1.07. The Morgan fingerprint density at radius 1 is 1.12 bits per heavy atom. The van der Waals surface area contributed by atoms with Gasteiger partial charge in [-0.05, 0) is 30.0 Å². The lowest BCUT2D eigenvalue weighted by molar-refractivity contribution is 0.0958. The number of benzene rings is 1. The second-order valence-corrected chi connectivity index (χ2v) is 7.51. The lowest BCUT2D eigenvalue weighted by atomic mass is 10.1. The van der Waals surface area contributed by atoms with Crippen LogP contribution in [-0.2, 0) is 13.0 Å². The van der Waals surface area contributed by atoms with Crippen molar-refractivity contribution in [1.82, 2.24) is 14.9 Å². The van der Waals surface area contributed by atoms with Gasteiger partial charge < -0.3 is 9.88 Å². The van der Waals surface area contributed by atoms with Crippen molar-refractivity contribution in [3.63, 3.8) is 0 Å². The molecule has 0 aliphatic rings. The highest BCUT2D eigenvalue weighted by molar-refractivity contribution is 7.12. The second kappa shape index (κ2) is 9.53. The fourth-order valence-electron chi connectivity index (χ4n) is 3.22. The van der Waals surface area contributed by atoms with E-state index < -0.39 is 0 Å². The van der Waals surface area contributed by atoms with Crippen LogP contribution < -0.4 is 5.32 Å². The van der Waals surface area contributed by atoms with Crippen molar-refractivity contribution in [1.29, 1.82) is 0 Å². The van der Waals surface area contributed by atoms with Gasteiger partial charge in [0.25, 0.3) is 5.91 Å². The standard InChI is InChI=1S/C21H27N3OS/c1-2-3-4-5-8-15-24-18-11-7-6-10-17(18)23-20(24)13-14-22-21(25)19-12-9-16-26-19/h6-7,9-12,16H,2-5,8,13-15H2,1H3,(H,22,25). The molecule has 0 fully saturated rings. The summed E-state index contributed by atoms with van der Waals surface area (Å²) in [4.78, 5) is 17.7. The van der Waals surface area contributed by atoms with Gasteiger partial charge >= 0.3 is 0 Å². The van der Waals surface area contributed by atoms with Crippen LogP contribution in [0.1, 0.15) is 54.5 Å². The number of hydrogen-bond donors (Lipinski definition) is 1. The van der Waals surface area contributed by atoms with Crippen LogP contribution in [-0.4, -0.2) is 22.0 Å². The van der Waals surface area contributed by atoms with Gasteiger partial charge in [-0.1, -0.05) is 50.8 Å². The predicted molar refractivity (Wildman–Crippen MR) is 109 cm³/mol. The first kappa shape index (κ1) is 18.6. The number of hydrogen-bond acceptors (Lipinski definition) is 3. The molecule has 1 N–H and O–H groups in total. The number of rotatable bonds is 10. The fraction of sp³-hybridized carbons (Fsp3) is 0.429. The first-order valence-electron chi connectivity index (χ1n) is 9.55. The monoisotopic (exact) mass is 369 g/mol. The Morgan fingerprint density at radius 2 is 1.96 bits per heavy atom. The number of aryl methyl sites for hydroxylation is 1. The molecule has 2 heterocycles. The van der Waals surface area contributed by atoms with E-state index in [1.54, 1.807) is 0 Å². The number of nitrogens with zero attached hydrogens (tertiary/aromatic N) is 2. The van der Waals surface area contributed by atoms with Crippen LogP contribution in [0.2, 0.25) is 0 Å². The normalized spacial score (nSPS) is 11.1. The summed E-state index contributed by atoms with van der Waals surface area (Å²) in [7, 11) is 0. The van der Waals surface area contributed by atoms with Crippen molar-refractivity contribution in [2.24, 2.45) is 0 Å². The van der Waals surface area contributed by atoms with E-state index in [1.165, 1.54) is 49.0 Å². The molecule has 5 heteroatoms. The largest absolute Gasteiger partial charge is 0.351 e. The van der Waals surface area contributed by atoms with E-state index in [-0.39, 0.29) is 5.91 Å². The lowest BCUT2D eigenvalue weighted by Gasteiger charge is -2.10. The van der Waals surface area contributed by atoms with Crippen molar-refractivity contribution in [2.75, 3.05) is 6.54 Å². The maximum absolute atomic E-state index is 12.1. The third-order valence-corrected chi connectivity index (χ3v) is 5.47. The Hall–Kier alpha value is -2.14. The number of nitrogens with one attached hydrogen (secondary N) is 1. The van der Waals surface area contributed by atoms with Gasteiger partial charge in [-0.3, -0.25) is 4.79 Å². The Balaban J connectivity index is 1.62. The molecule has 138 valence electrons. The average molecular weight is 370 g/mol. The van der Waals surface area contributed by atoms with Gasteiger partial charge in [-0.2, -0.15) is 0 Å². The van der Waals surface area contributed by atoms with E-state index >= 15 is 0 Å². The number of thiophene rings is 1. The van der Waals surface area contributed by atoms with E-state index in [2.05, 4.69) is 35.0 Å². The predicted octanol–water partition coefficient (Wildman–Crippen LogP) is 5.04. The lowest BCUT2D eigenvalue weighted by Crippen LogP contribution is -2.25. The number of aromatic nitrogens is 2.